The van der Waals surface area contributed by atoms with Gasteiger partial charge in [0.15, 0.2) is 0 Å². The predicted molar refractivity (Wildman–Crippen MR) is 75.5 cm³/mol. The van der Waals surface area contributed by atoms with Crippen LogP contribution in [0.3, 0.4) is 0 Å². The Hall–Kier alpha value is -1.47. The highest BCUT2D eigenvalue weighted by Crippen LogP contribution is 2.15. The van der Waals surface area contributed by atoms with Gasteiger partial charge in [0.1, 0.15) is 0 Å². The third-order valence-corrected chi connectivity index (χ3v) is 3.31. The number of aromatic nitrogens is 2. The summed E-state index contributed by atoms with van der Waals surface area (Å²) in [6.07, 6.45) is 1.03. The Morgan fingerprint density at radius 3 is 2.75 bits per heavy atom. The molecule has 1 aromatic rings. The van der Waals surface area contributed by atoms with Crippen molar-refractivity contribution in [2.45, 2.75) is 39.2 Å². The number of hydrogen-bond acceptors (Lipinski definition) is 6. The molecule has 0 aliphatic carbocycles. The van der Waals surface area contributed by atoms with Crippen molar-refractivity contribution in [3.8, 4) is 0 Å². The molecule has 0 spiro atoms. The molecule has 7 heteroatoms. The fourth-order valence-electron chi connectivity index (χ4n) is 2.07. The lowest BCUT2D eigenvalue weighted by atomic mass is 10.1. The Bertz CT molecular complexity index is 442. The first-order valence-corrected chi connectivity index (χ1v) is 7.18. The highest BCUT2D eigenvalue weighted by molar-refractivity contribution is 5.90. The predicted octanol–water partition coefficient (Wildman–Crippen LogP) is 0.815. The van der Waals surface area contributed by atoms with Gasteiger partial charge in [-0.25, -0.2) is 0 Å². The Morgan fingerprint density at radius 1 is 1.50 bits per heavy atom. The van der Waals surface area contributed by atoms with Crippen LogP contribution in [0.2, 0.25) is 0 Å². The van der Waals surface area contributed by atoms with E-state index in [0.717, 1.165) is 26.1 Å². The van der Waals surface area contributed by atoms with E-state index in [1.807, 2.05) is 13.8 Å². The van der Waals surface area contributed by atoms with Gasteiger partial charge in [-0.15, -0.1) is 5.10 Å². The number of carbonyl (C=O) groups is 1. The number of carbonyl (C=O) groups excluding carboxylic acids is 1. The van der Waals surface area contributed by atoms with Crippen LogP contribution in [0.1, 0.15) is 39.0 Å². The second-order valence-electron chi connectivity index (χ2n) is 5.43. The van der Waals surface area contributed by atoms with E-state index in [9.17, 15) is 4.79 Å². The van der Waals surface area contributed by atoms with Crippen molar-refractivity contribution in [2.24, 2.45) is 0 Å². The molecule has 0 saturated carbocycles. The van der Waals surface area contributed by atoms with Crippen LogP contribution < -0.4 is 10.6 Å². The molecule has 2 rings (SSSR count). The first-order chi connectivity index (χ1) is 9.60. The minimum atomic E-state index is -0.107. The number of anilines is 1. The van der Waals surface area contributed by atoms with Crippen LogP contribution in [-0.4, -0.2) is 53.2 Å². The second-order valence-corrected chi connectivity index (χ2v) is 5.43. The Labute approximate surface area is 119 Å². The molecule has 7 nitrogen and oxygen atoms in total. The van der Waals surface area contributed by atoms with E-state index in [4.69, 9.17) is 4.42 Å². The van der Waals surface area contributed by atoms with E-state index in [0.29, 0.717) is 18.5 Å². The first kappa shape index (κ1) is 14.9. The number of nitrogens with one attached hydrogen (secondary N) is 2. The van der Waals surface area contributed by atoms with E-state index < -0.39 is 0 Å². The maximum Gasteiger partial charge on any atom is 0.322 e. The van der Waals surface area contributed by atoms with Crippen molar-refractivity contribution >= 4 is 11.9 Å². The molecule has 1 fully saturated rings. The van der Waals surface area contributed by atoms with Crippen LogP contribution in [0.4, 0.5) is 6.01 Å². The number of amides is 1. The smallest absolute Gasteiger partial charge is 0.322 e. The molecule has 2 heterocycles. The fraction of sp³-hybridized carbons (Fsp3) is 0.769. The molecule has 0 unspecified atom stereocenters. The zero-order valence-electron chi connectivity index (χ0n) is 12.3. The zero-order valence-corrected chi connectivity index (χ0v) is 12.3. The van der Waals surface area contributed by atoms with E-state index >= 15 is 0 Å². The average Bonchev–Trinajstić information content (AvgIpc) is 2.75. The molecule has 20 heavy (non-hydrogen) atoms. The summed E-state index contributed by atoms with van der Waals surface area (Å²) in [5.74, 6) is 0.587. The average molecular weight is 281 g/mol. The Morgan fingerprint density at radius 2 is 2.25 bits per heavy atom. The summed E-state index contributed by atoms with van der Waals surface area (Å²) in [7, 11) is 0. The van der Waals surface area contributed by atoms with E-state index in [1.165, 1.54) is 0 Å². The molecule has 0 aromatic carbocycles. The van der Waals surface area contributed by atoms with Gasteiger partial charge in [0, 0.05) is 25.0 Å². The van der Waals surface area contributed by atoms with Crippen LogP contribution in [0.25, 0.3) is 0 Å². The van der Waals surface area contributed by atoms with Crippen molar-refractivity contribution in [2.75, 3.05) is 31.5 Å². The summed E-state index contributed by atoms with van der Waals surface area (Å²) in [4.78, 5) is 14.2. The lowest BCUT2D eigenvalue weighted by molar-refractivity contribution is -0.118. The summed E-state index contributed by atoms with van der Waals surface area (Å²) < 4.78 is 5.37. The van der Waals surface area contributed by atoms with Gasteiger partial charge in [0.05, 0.1) is 6.54 Å². The molecular formula is C13H23N5O2. The Kier molecular flexibility index (Phi) is 5.08. The highest BCUT2D eigenvalue weighted by atomic mass is 16.4. The van der Waals surface area contributed by atoms with Crippen molar-refractivity contribution in [3.05, 3.63) is 5.89 Å². The van der Waals surface area contributed by atoms with Crippen LogP contribution in [0.5, 0.6) is 0 Å². The molecule has 112 valence electrons. The molecule has 1 amide bonds. The van der Waals surface area contributed by atoms with E-state index in [1.54, 1.807) is 0 Å². The van der Waals surface area contributed by atoms with Gasteiger partial charge in [0.25, 0.3) is 0 Å². The maximum atomic E-state index is 12.0. The van der Waals surface area contributed by atoms with Crippen LogP contribution in [-0.2, 0) is 4.79 Å². The van der Waals surface area contributed by atoms with Gasteiger partial charge in [-0.05, 0) is 13.0 Å². The van der Waals surface area contributed by atoms with Crippen molar-refractivity contribution in [1.29, 1.82) is 0 Å². The molecule has 1 saturated heterocycles. The normalized spacial score (nSPS) is 15.7. The summed E-state index contributed by atoms with van der Waals surface area (Å²) >= 11 is 0. The fourth-order valence-corrected chi connectivity index (χ4v) is 2.07. The van der Waals surface area contributed by atoms with E-state index in [2.05, 4.69) is 32.7 Å². The largest absolute Gasteiger partial charge is 0.408 e. The molecule has 2 N–H and O–H groups in total. The van der Waals surface area contributed by atoms with Crippen LogP contribution in [0.15, 0.2) is 4.42 Å². The lowest BCUT2D eigenvalue weighted by Gasteiger charge is -2.37. The highest BCUT2D eigenvalue weighted by Gasteiger charge is 2.25. The van der Waals surface area contributed by atoms with Crippen molar-refractivity contribution in [1.82, 2.24) is 20.4 Å². The van der Waals surface area contributed by atoms with Crippen molar-refractivity contribution < 1.29 is 9.21 Å². The summed E-state index contributed by atoms with van der Waals surface area (Å²) in [6.45, 7) is 9.22. The molecule has 0 atom stereocenters. The van der Waals surface area contributed by atoms with Crippen LogP contribution >= 0.6 is 0 Å². The topological polar surface area (TPSA) is 83.3 Å². The molecule has 1 aromatic heterocycles. The van der Waals surface area contributed by atoms with E-state index in [-0.39, 0.29) is 17.8 Å². The zero-order chi connectivity index (χ0) is 14.5. The van der Waals surface area contributed by atoms with Gasteiger partial charge in [-0.3, -0.25) is 15.0 Å². The standard InChI is InChI=1S/C13H23N5O2/c1-4-5-18(10-6-14-7-10)8-11(19)15-13-17-16-12(20-13)9(2)3/h9-10,14H,4-8H2,1-3H3,(H,15,17,19). The van der Waals surface area contributed by atoms with Gasteiger partial charge < -0.3 is 9.73 Å². The minimum Gasteiger partial charge on any atom is -0.408 e. The second kappa shape index (κ2) is 6.81. The first-order valence-electron chi connectivity index (χ1n) is 7.18. The number of hydrogen-bond donors (Lipinski definition) is 2. The quantitative estimate of drug-likeness (QED) is 0.769. The third kappa shape index (κ3) is 3.77. The molecule has 0 bridgehead atoms. The van der Waals surface area contributed by atoms with Gasteiger partial charge >= 0.3 is 6.01 Å². The maximum absolute atomic E-state index is 12.0. The molecule has 1 aliphatic heterocycles. The summed E-state index contributed by atoms with van der Waals surface area (Å²) in [5.41, 5.74) is 0. The number of rotatable bonds is 7. The van der Waals surface area contributed by atoms with Gasteiger partial charge in [0.2, 0.25) is 11.8 Å². The SMILES string of the molecule is CCCN(CC(=O)Nc1nnc(C(C)C)o1)C1CNC1. The lowest BCUT2D eigenvalue weighted by Crippen LogP contribution is -2.58. The van der Waals surface area contributed by atoms with Gasteiger partial charge in [-0.2, -0.15) is 0 Å². The number of nitrogens with zero attached hydrogens (tertiary/aromatic N) is 3. The molecule has 1 aliphatic rings. The Balaban J connectivity index is 1.86. The summed E-state index contributed by atoms with van der Waals surface area (Å²) in [5, 5.41) is 13.6. The monoisotopic (exact) mass is 281 g/mol. The van der Waals surface area contributed by atoms with Crippen molar-refractivity contribution in [3.63, 3.8) is 0 Å². The molecular weight excluding hydrogens is 258 g/mol. The summed E-state index contributed by atoms with van der Waals surface area (Å²) in [6, 6.07) is 0.636. The van der Waals surface area contributed by atoms with Crippen LogP contribution in [0, 0.1) is 0 Å². The van der Waals surface area contributed by atoms with Gasteiger partial charge in [-0.1, -0.05) is 25.9 Å². The third-order valence-electron chi connectivity index (χ3n) is 3.31. The molecule has 0 radical (unpaired) electrons. The minimum absolute atomic E-state index is 0.107.